The molecular weight excluding hydrogens is 200 g/mol. The first-order valence-corrected chi connectivity index (χ1v) is 4.76. The van der Waals surface area contributed by atoms with Crippen LogP contribution in [0, 0.1) is 5.92 Å². The lowest BCUT2D eigenvalue weighted by Crippen LogP contribution is -1.99. The van der Waals surface area contributed by atoms with Gasteiger partial charge in [-0.25, -0.2) is 0 Å². The summed E-state index contributed by atoms with van der Waals surface area (Å²) in [4.78, 5) is 14.7. The molecule has 1 saturated carbocycles. The second-order valence-corrected chi connectivity index (χ2v) is 3.58. The number of nitrogens with zero attached hydrogens (tertiary/aromatic N) is 2. The molecule has 0 saturated heterocycles. The molecule has 82 valence electrons. The fraction of sp³-hybridized carbons (Fsp3) is 0.667. The molecule has 0 aliphatic heterocycles. The normalized spacial score (nSPS) is 24.1. The maximum atomic E-state index is 10.6. The van der Waals surface area contributed by atoms with E-state index in [0.717, 1.165) is 0 Å². The van der Waals surface area contributed by atoms with Gasteiger partial charge in [0.05, 0.1) is 18.4 Å². The summed E-state index contributed by atoms with van der Waals surface area (Å²) in [6.07, 6.45) is 1.19. The van der Waals surface area contributed by atoms with E-state index >= 15 is 0 Å². The van der Waals surface area contributed by atoms with Crippen molar-refractivity contribution in [1.82, 2.24) is 10.1 Å². The van der Waals surface area contributed by atoms with Gasteiger partial charge in [0.25, 0.3) is 0 Å². The van der Waals surface area contributed by atoms with Gasteiger partial charge in [0, 0.05) is 13.5 Å². The van der Waals surface area contributed by atoms with Crippen molar-refractivity contribution in [3.63, 3.8) is 0 Å². The molecule has 1 aromatic rings. The molecule has 6 heteroatoms. The predicted octanol–water partition coefficient (Wildman–Crippen LogP) is 0.447. The predicted molar refractivity (Wildman–Crippen MR) is 48.4 cm³/mol. The number of hydrogen-bond donors (Lipinski definition) is 1. The van der Waals surface area contributed by atoms with Crippen LogP contribution >= 0.6 is 0 Å². The molecule has 1 heterocycles. The maximum Gasteiger partial charge on any atom is 0.307 e. The Bertz CT molecular complexity index is 363. The Kier molecular flexibility index (Phi) is 2.68. The second-order valence-electron chi connectivity index (χ2n) is 3.58. The minimum Gasteiger partial charge on any atom is -0.481 e. The van der Waals surface area contributed by atoms with Crippen LogP contribution < -0.4 is 0 Å². The van der Waals surface area contributed by atoms with Crippen LogP contribution in [0.3, 0.4) is 0 Å². The largest absolute Gasteiger partial charge is 0.481 e. The van der Waals surface area contributed by atoms with Crippen LogP contribution in [0.1, 0.15) is 24.1 Å². The number of ether oxygens (including phenoxy) is 1. The van der Waals surface area contributed by atoms with Crippen molar-refractivity contribution in [2.24, 2.45) is 5.92 Å². The number of carboxylic acids is 1. The van der Waals surface area contributed by atoms with E-state index in [2.05, 4.69) is 10.1 Å². The van der Waals surface area contributed by atoms with Gasteiger partial charge in [-0.3, -0.25) is 4.79 Å². The van der Waals surface area contributed by atoms with Crippen molar-refractivity contribution in [2.75, 3.05) is 13.7 Å². The van der Waals surface area contributed by atoms with E-state index in [1.54, 1.807) is 7.11 Å². The Morgan fingerprint density at radius 3 is 3.13 bits per heavy atom. The van der Waals surface area contributed by atoms with E-state index in [9.17, 15) is 4.79 Å². The van der Waals surface area contributed by atoms with Gasteiger partial charge in [0.1, 0.15) is 0 Å². The fourth-order valence-corrected chi connectivity index (χ4v) is 1.45. The van der Waals surface area contributed by atoms with E-state index in [1.807, 2.05) is 0 Å². The quantitative estimate of drug-likeness (QED) is 0.762. The fourth-order valence-electron chi connectivity index (χ4n) is 1.45. The average Bonchev–Trinajstić information content (AvgIpc) is 2.89. The van der Waals surface area contributed by atoms with Crippen molar-refractivity contribution in [2.45, 2.75) is 18.8 Å². The van der Waals surface area contributed by atoms with Gasteiger partial charge < -0.3 is 14.4 Å². The van der Waals surface area contributed by atoms with Crippen molar-refractivity contribution in [1.29, 1.82) is 0 Å². The summed E-state index contributed by atoms with van der Waals surface area (Å²) in [5.74, 6) is -0.222. The smallest absolute Gasteiger partial charge is 0.307 e. The Labute approximate surface area is 86.2 Å². The first kappa shape index (κ1) is 10.1. The van der Waals surface area contributed by atoms with Gasteiger partial charge in [-0.05, 0) is 6.42 Å². The molecular formula is C9H12N2O4. The van der Waals surface area contributed by atoms with Crippen molar-refractivity contribution < 1.29 is 19.2 Å². The molecule has 1 aliphatic carbocycles. The third-order valence-corrected chi connectivity index (χ3v) is 2.44. The van der Waals surface area contributed by atoms with E-state index < -0.39 is 5.97 Å². The lowest BCUT2D eigenvalue weighted by molar-refractivity contribution is -0.138. The number of carbonyl (C=O) groups is 1. The molecule has 1 aromatic heterocycles. The van der Waals surface area contributed by atoms with Gasteiger partial charge in [-0.1, -0.05) is 5.16 Å². The number of hydrogen-bond acceptors (Lipinski definition) is 5. The number of rotatable bonds is 5. The van der Waals surface area contributed by atoms with Crippen molar-refractivity contribution >= 4 is 5.97 Å². The average molecular weight is 212 g/mol. The summed E-state index contributed by atoms with van der Waals surface area (Å²) in [7, 11) is 1.60. The molecule has 2 unspecified atom stereocenters. The first-order valence-electron chi connectivity index (χ1n) is 4.76. The molecule has 0 radical (unpaired) electrons. The summed E-state index contributed by atoms with van der Waals surface area (Å²) in [5.41, 5.74) is 0. The third kappa shape index (κ3) is 2.15. The zero-order chi connectivity index (χ0) is 10.8. The molecule has 0 spiro atoms. The lowest BCUT2D eigenvalue weighted by atomic mass is 10.3. The molecule has 0 amide bonds. The number of aromatic nitrogens is 2. The van der Waals surface area contributed by atoms with Crippen molar-refractivity contribution in [3.05, 3.63) is 11.7 Å². The van der Waals surface area contributed by atoms with E-state index in [1.165, 1.54) is 0 Å². The summed E-state index contributed by atoms with van der Waals surface area (Å²) >= 11 is 0. The minimum atomic E-state index is -0.795. The van der Waals surface area contributed by atoms with Gasteiger partial charge in [0.15, 0.2) is 5.82 Å². The van der Waals surface area contributed by atoms with Gasteiger partial charge in [0.2, 0.25) is 5.89 Å². The molecule has 0 aromatic carbocycles. The topological polar surface area (TPSA) is 85.5 Å². The number of aliphatic carboxylic acids is 1. The van der Waals surface area contributed by atoms with E-state index in [4.69, 9.17) is 14.4 Å². The molecule has 2 atom stereocenters. The molecule has 1 fully saturated rings. The maximum absolute atomic E-state index is 10.6. The minimum absolute atomic E-state index is 0.0914. The molecule has 2 rings (SSSR count). The standard InChI is InChI=1S/C9H12N2O4/c1-14-3-2-7-10-8(15-11-7)5-4-6(5)9(12)13/h5-6H,2-4H2,1H3,(H,12,13). The Balaban J connectivity index is 1.94. The molecule has 1 N–H and O–H groups in total. The Morgan fingerprint density at radius 1 is 1.73 bits per heavy atom. The van der Waals surface area contributed by atoms with Gasteiger partial charge in [-0.2, -0.15) is 4.98 Å². The second kappa shape index (κ2) is 3.98. The zero-order valence-electron chi connectivity index (χ0n) is 8.34. The Morgan fingerprint density at radius 2 is 2.53 bits per heavy atom. The SMILES string of the molecule is COCCc1noc(C2CC2C(=O)O)n1. The Hall–Kier alpha value is -1.43. The highest BCUT2D eigenvalue weighted by Gasteiger charge is 2.48. The van der Waals surface area contributed by atoms with Crippen LogP contribution in [0.2, 0.25) is 0 Å². The molecule has 1 aliphatic rings. The van der Waals surface area contributed by atoms with Gasteiger partial charge >= 0.3 is 5.97 Å². The highest BCUT2D eigenvalue weighted by atomic mass is 16.5. The summed E-state index contributed by atoms with van der Waals surface area (Å²) in [5, 5.41) is 12.5. The van der Waals surface area contributed by atoms with Crippen LogP contribution in [0.4, 0.5) is 0 Å². The zero-order valence-corrected chi connectivity index (χ0v) is 8.34. The number of carboxylic acid groups (broad SMARTS) is 1. The summed E-state index contributed by atoms with van der Waals surface area (Å²) in [6, 6.07) is 0. The van der Waals surface area contributed by atoms with Crippen LogP contribution in [0.5, 0.6) is 0 Å². The summed E-state index contributed by atoms with van der Waals surface area (Å²) in [6.45, 7) is 0.534. The van der Waals surface area contributed by atoms with Crippen LogP contribution in [0.15, 0.2) is 4.52 Å². The van der Waals surface area contributed by atoms with E-state index in [-0.39, 0.29) is 11.8 Å². The third-order valence-electron chi connectivity index (χ3n) is 2.44. The van der Waals surface area contributed by atoms with Crippen LogP contribution in [0.25, 0.3) is 0 Å². The van der Waals surface area contributed by atoms with Gasteiger partial charge in [-0.15, -0.1) is 0 Å². The van der Waals surface area contributed by atoms with E-state index in [0.29, 0.717) is 31.2 Å². The van der Waals surface area contributed by atoms with Crippen LogP contribution in [-0.2, 0) is 16.0 Å². The number of methoxy groups -OCH3 is 1. The highest BCUT2D eigenvalue weighted by Crippen LogP contribution is 2.46. The molecule has 6 nitrogen and oxygen atoms in total. The molecule has 15 heavy (non-hydrogen) atoms. The summed E-state index contributed by atoms with van der Waals surface area (Å²) < 4.78 is 9.86. The first-order chi connectivity index (χ1) is 7.22. The molecule has 0 bridgehead atoms. The van der Waals surface area contributed by atoms with Crippen LogP contribution in [-0.4, -0.2) is 34.9 Å². The highest BCUT2D eigenvalue weighted by molar-refractivity contribution is 5.74. The lowest BCUT2D eigenvalue weighted by Gasteiger charge is -1.90. The monoisotopic (exact) mass is 212 g/mol. The van der Waals surface area contributed by atoms with Crippen molar-refractivity contribution in [3.8, 4) is 0 Å².